The summed E-state index contributed by atoms with van der Waals surface area (Å²) in [5, 5.41) is 2.31. The van der Waals surface area contributed by atoms with Crippen molar-refractivity contribution in [2.75, 3.05) is 30.4 Å². The summed E-state index contributed by atoms with van der Waals surface area (Å²) in [6, 6.07) is 5.73. The van der Waals surface area contributed by atoms with Gasteiger partial charge in [0.05, 0.1) is 18.5 Å². The highest BCUT2D eigenvalue weighted by Gasteiger charge is 2.18. The number of alkyl halides is 1. The molecule has 0 saturated carbocycles. The first-order chi connectivity index (χ1) is 9.11. The Morgan fingerprint density at radius 2 is 2.11 bits per heavy atom. The number of nitrogens with zero attached hydrogens (tertiary/aromatic N) is 1. The Hall–Kier alpha value is -1.42. The molecule has 1 heterocycles. The van der Waals surface area contributed by atoms with E-state index < -0.39 is 5.38 Å². The van der Waals surface area contributed by atoms with Crippen LogP contribution in [0.2, 0.25) is 0 Å². The van der Waals surface area contributed by atoms with Gasteiger partial charge in [-0.3, -0.25) is 4.79 Å². The first-order valence-corrected chi connectivity index (χ1v) is 6.93. The zero-order chi connectivity index (χ0) is 13.8. The van der Waals surface area contributed by atoms with Crippen LogP contribution in [0.1, 0.15) is 19.8 Å². The third-order valence-corrected chi connectivity index (χ3v) is 3.47. The molecule has 2 rings (SSSR count). The quantitative estimate of drug-likeness (QED) is 0.864. The highest BCUT2D eigenvalue weighted by Crippen LogP contribution is 2.32. The van der Waals surface area contributed by atoms with Crippen molar-refractivity contribution in [2.24, 2.45) is 0 Å². The van der Waals surface area contributed by atoms with E-state index in [-0.39, 0.29) is 5.91 Å². The first-order valence-electron chi connectivity index (χ1n) is 6.49. The van der Waals surface area contributed by atoms with Crippen LogP contribution in [0, 0.1) is 0 Å². The van der Waals surface area contributed by atoms with E-state index in [1.165, 1.54) is 12.8 Å². The molecule has 0 aromatic heterocycles. The molecule has 1 fully saturated rings. The Kier molecular flexibility index (Phi) is 4.53. The van der Waals surface area contributed by atoms with Crippen LogP contribution in [0.4, 0.5) is 11.4 Å². The van der Waals surface area contributed by atoms with Gasteiger partial charge in [-0.2, -0.15) is 0 Å². The highest BCUT2D eigenvalue weighted by atomic mass is 35.5. The minimum Gasteiger partial charge on any atom is -0.497 e. The summed E-state index contributed by atoms with van der Waals surface area (Å²) >= 11 is 5.81. The van der Waals surface area contributed by atoms with Crippen LogP contribution in [0.15, 0.2) is 18.2 Å². The largest absolute Gasteiger partial charge is 0.497 e. The SMILES string of the molecule is COc1ccc(N2CCCC2)c(NC(=O)[C@H](C)Cl)c1. The number of anilines is 2. The van der Waals surface area contributed by atoms with E-state index in [9.17, 15) is 4.79 Å². The number of carbonyl (C=O) groups excluding carboxylic acids is 1. The van der Waals surface area contributed by atoms with Crippen LogP contribution in [-0.2, 0) is 4.79 Å². The van der Waals surface area contributed by atoms with Gasteiger partial charge in [-0.15, -0.1) is 11.6 Å². The minimum absolute atomic E-state index is 0.199. The van der Waals surface area contributed by atoms with Crippen molar-refractivity contribution in [3.05, 3.63) is 18.2 Å². The Bertz CT molecular complexity index is 457. The fourth-order valence-corrected chi connectivity index (χ4v) is 2.26. The molecule has 5 heteroatoms. The van der Waals surface area contributed by atoms with Crippen molar-refractivity contribution in [1.82, 2.24) is 0 Å². The van der Waals surface area contributed by atoms with Crippen molar-refractivity contribution >= 4 is 28.9 Å². The molecule has 104 valence electrons. The number of rotatable bonds is 4. The highest BCUT2D eigenvalue weighted by molar-refractivity contribution is 6.32. The summed E-state index contributed by atoms with van der Waals surface area (Å²) in [5.41, 5.74) is 1.79. The predicted molar refractivity (Wildman–Crippen MR) is 78.4 cm³/mol. The molecular weight excluding hydrogens is 264 g/mol. The van der Waals surface area contributed by atoms with E-state index in [1.54, 1.807) is 14.0 Å². The molecule has 0 bridgehead atoms. The molecule has 1 atom stereocenters. The second-order valence-corrected chi connectivity index (χ2v) is 5.34. The smallest absolute Gasteiger partial charge is 0.242 e. The Morgan fingerprint density at radius 1 is 1.42 bits per heavy atom. The van der Waals surface area contributed by atoms with E-state index in [4.69, 9.17) is 16.3 Å². The van der Waals surface area contributed by atoms with Crippen molar-refractivity contribution in [1.29, 1.82) is 0 Å². The third-order valence-electron chi connectivity index (χ3n) is 3.27. The molecular formula is C14H19ClN2O2. The predicted octanol–water partition coefficient (Wildman–Crippen LogP) is 2.86. The number of halogens is 1. The van der Waals surface area contributed by atoms with Crippen LogP contribution < -0.4 is 15.0 Å². The van der Waals surface area contributed by atoms with E-state index in [0.29, 0.717) is 0 Å². The first kappa shape index (κ1) is 14.0. The van der Waals surface area contributed by atoms with E-state index in [2.05, 4.69) is 10.2 Å². The molecule has 1 aromatic rings. The maximum atomic E-state index is 11.8. The molecule has 1 N–H and O–H groups in total. The number of carbonyl (C=O) groups is 1. The second-order valence-electron chi connectivity index (χ2n) is 4.68. The van der Waals surface area contributed by atoms with Gasteiger partial charge in [-0.25, -0.2) is 0 Å². The van der Waals surface area contributed by atoms with Gasteiger partial charge in [0.15, 0.2) is 0 Å². The average molecular weight is 283 g/mol. The third kappa shape index (κ3) is 3.32. The molecule has 4 nitrogen and oxygen atoms in total. The normalized spacial score (nSPS) is 16.3. The molecule has 0 aliphatic carbocycles. The van der Waals surface area contributed by atoms with Gasteiger partial charge >= 0.3 is 0 Å². The number of ether oxygens (including phenoxy) is 1. The lowest BCUT2D eigenvalue weighted by Gasteiger charge is -2.22. The maximum absolute atomic E-state index is 11.8. The van der Waals surface area contributed by atoms with E-state index in [1.807, 2.05) is 18.2 Å². The number of methoxy groups -OCH3 is 1. The number of hydrogen-bond donors (Lipinski definition) is 1. The molecule has 0 unspecified atom stereocenters. The lowest BCUT2D eigenvalue weighted by molar-refractivity contribution is -0.115. The Balaban J connectivity index is 2.28. The molecule has 1 aliphatic heterocycles. The monoisotopic (exact) mass is 282 g/mol. The minimum atomic E-state index is -0.558. The zero-order valence-corrected chi connectivity index (χ0v) is 12.0. The second kappa shape index (κ2) is 6.15. The van der Waals surface area contributed by atoms with E-state index in [0.717, 1.165) is 30.2 Å². The lowest BCUT2D eigenvalue weighted by Crippen LogP contribution is -2.24. The van der Waals surface area contributed by atoms with Gasteiger partial charge in [0.1, 0.15) is 11.1 Å². The lowest BCUT2D eigenvalue weighted by atomic mass is 10.2. The van der Waals surface area contributed by atoms with Crippen molar-refractivity contribution in [3.63, 3.8) is 0 Å². The average Bonchev–Trinajstić information content (AvgIpc) is 2.92. The summed E-state index contributed by atoms with van der Waals surface area (Å²) in [6.45, 7) is 3.70. The number of benzene rings is 1. The van der Waals surface area contributed by atoms with Crippen LogP contribution in [-0.4, -0.2) is 31.5 Å². The molecule has 1 aliphatic rings. The van der Waals surface area contributed by atoms with Gasteiger partial charge in [0.25, 0.3) is 0 Å². The zero-order valence-electron chi connectivity index (χ0n) is 11.3. The topological polar surface area (TPSA) is 41.6 Å². The summed E-state index contributed by atoms with van der Waals surface area (Å²) < 4.78 is 5.21. The summed E-state index contributed by atoms with van der Waals surface area (Å²) in [4.78, 5) is 14.0. The molecule has 0 radical (unpaired) electrons. The molecule has 1 aromatic carbocycles. The number of nitrogens with one attached hydrogen (secondary N) is 1. The molecule has 0 spiro atoms. The van der Waals surface area contributed by atoms with Crippen molar-refractivity contribution < 1.29 is 9.53 Å². The van der Waals surface area contributed by atoms with Crippen LogP contribution in [0.3, 0.4) is 0 Å². The van der Waals surface area contributed by atoms with Crippen LogP contribution in [0.25, 0.3) is 0 Å². The number of hydrogen-bond acceptors (Lipinski definition) is 3. The van der Waals surface area contributed by atoms with Crippen molar-refractivity contribution in [2.45, 2.75) is 25.1 Å². The van der Waals surface area contributed by atoms with Crippen LogP contribution >= 0.6 is 11.6 Å². The molecule has 19 heavy (non-hydrogen) atoms. The fourth-order valence-electron chi connectivity index (χ4n) is 2.21. The van der Waals surface area contributed by atoms with Gasteiger partial charge in [0, 0.05) is 19.2 Å². The van der Waals surface area contributed by atoms with Crippen molar-refractivity contribution in [3.8, 4) is 5.75 Å². The van der Waals surface area contributed by atoms with Crippen LogP contribution in [0.5, 0.6) is 5.75 Å². The summed E-state index contributed by atoms with van der Waals surface area (Å²) in [5.74, 6) is 0.524. The van der Waals surface area contributed by atoms with E-state index >= 15 is 0 Å². The van der Waals surface area contributed by atoms with Gasteiger partial charge in [-0.05, 0) is 31.9 Å². The molecule has 1 amide bonds. The Morgan fingerprint density at radius 3 is 2.68 bits per heavy atom. The van der Waals surface area contributed by atoms with Gasteiger partial charge in [0.2, 0.25) is 5.91 Å². The number of amides is 1. The fraction of sp³-hybridized carbons (Fsp3) is 0.500. The maximum Gasteiger partial charge on any atom is 0.242 e. The summed E-state index contributed by atoms with van der Waals surface area (Å²) in [7, 11) is 1.61. The van der Waals surface area contributed by atoms with Gasteiger partial charge in [-0.1, -0.05) is 0 Å². The Labute approximate surface area is 118 Å². The standard InChI is InChI=1S/C14H19ClN2O2/c1-10(15)14(18)16-12-9-11(19-2)5-6-13(12)17-7-3-4-8-17/h5-6,9-10H,3-4,7-8H2,1-2H3,(H,16,18)/t10-/m0/s1. The van der Waals surface area contributed by atoms with Gasteiger partial charge < -0.3 is 15.0 Å². The molecule has 1 saturated heterocycles. The summed E-state index contributed by atoms with van der Waals surface area (Å²) in [6.07, 6.45) is 2.37.